The first-order valence-corrected chi connectivity index (χ1v) is 12.8. The van der Waals surface area contributed by atoms with Gasteiger partial charge in [0, 0.05) is 17.4 Å². The van der Waals surface area contributed by atoms with Crippen LogP contribution >= 0.6 is 0 Å². The fraction of sp³-hybridized carbons (Fsp3) is 0.714. The Morgan fingerprint density at radius 2 is 1.77 bits per heavy atom. The van der Waals surface area contributed by atoms with Gasteiger partial charge in [0.1, 0.15) is 29.0 Å². The predicted octanol–water partition coefficient (Wildman–Crippen LogP) is 2.66. The molecule has 0 bridgehead atoms. The molecule has 4 N–H and O–H groups in total. The molecular formula is C28H38O7. The summed E-state index contributed by atoms with van der Waals surface area (Å²) >= 11 is 0. The first-order valence-electron chi connectivity index (χ1n) is 12.8. The summed E-state index contributed by atoms with van der Waals surface area (Å²) in [5.41, 5.74) is -3.16. The van der Waals surface area contributed by atoms with Crippen molar-refractivity contribution in [2.45, 2.75) is 109 Å². The lowest BCUT2D eigenvalue weighted by Crippen LogP contribution is -2.68. The van der Waals surface area contributed by atoms with E-state index in [1.807, 2.05) is 13.8 Å². The van der Waals surface area contributed by atoms with Gasteiger partial charge in [-0.05, 0) is 84.3 Å². The van der Waals surface area contributed by atoms with E-state index in [0.717, 1.165) is 16.7 Å². The van der Waals surface area contributed by atoms with Crippen LogP contribution in [0.4, 0.5) is 0 Å². The number of hydrogen-bond acceptors (Lipinski definition) is 7. The lowest BCUT2D eigenvalue weighted by molar-refractivity contribution is -0.237. The maximum Gasteiger partial charge on any atom is 0.334 e. The van der Waals surface area contributed by atoms with Crippen molar-refractivity contribution in [3.63, 3.8) is 0 Å². The zero-order valence-electron chi connectivity index (χ0n) is 21.4. The summed E-state index contributed by atoms with van der Waals surface area (Å²) in [6.45, 7) is 8.89. The highest BCUT2D eigenvalue weighted by molar-refractivity contribution is 5.98. The van der Waals surface area contributed by atoms with Gasteiger partial charge in [-0.1, -0.05) is 23.6 Å². The van der Waals surface area contributed by atoms with Crippen molar-refractivity contribution in [3.05, 3.63) is 34.4 Å². The molecule has 0 spiro atoms. The van der Waals surface area contributed by atoms with Gasteiger partial charge in [0.05, 0.1) is 5.41 Å². The molecule has 5 rings (SSSR count). The van der Waals surface area contributed by atoms with Crippen molar-refractivity contribution in [3.8, 4) is 0 Å². The summed E-state index contributed by atoms with van der Waals surface area (Å²) < 4.78 is 5.63. The van der Waals surface area contributed by atoms with Crippen LogP contribution in [0.3, 0.4) is 0 Å². The predicted molar refractivity (Wildman–Crippen MR) is 128 cm³/mol. The van der Waals surface area contributed by atoms with Gasteiger partial charge in [-0.25, -0.2) is 4.79 Å². The molecule has 0 unspecified atom stereocenters. The second kappa shape index (κ2) is 7.37. The van der Waals surface area contributed by atoms with Gasteiger partial charge in [0.2, 0.25) is 0 Å². The Kier molecular flexibility index (Phi) is 5.24. The van der Waals surface area contributed by atoms with E-state index in [2.05, 4.69) is 0 Å². The monoisotopic (exact) mass is 486 g/mol. The molecular weight excluding hydrogens is 448 g/mol. The van der Waals surface area contributed by atoms with Crippen molar-refractivity contribution in [1.82, 2.24) is 0 Å². The first kappa shape index (κ1) is 24.9. The number of rotatable bonds is 2. The van der Waals surface area contributed by atoms with Crippen LogP contribution in [0, 0.1) is 16.7 Å². The molecule has 0 amide bonds. The van der Waals surface area contributed by atoms with Gasteiger partial charge < -0.3 is 25.2 Å². The first-order chi connectivity index (χ1) is 16.1. The van der Waals surface area contributed by atoms with Crippen molar-refractivity contribution in [2.24, 2.45) is 16.7 Å². The van der Waals surface area contributed by atoms with Gasteiger partial charge in [-0.2, -0.15) is 0 Å². The third-order valence-corrected chi connectivity index (χ3v) is 11.0. The largest absolute Gasteiger partial charge is 0.455 e. The summed E-state index contributed by atoms with van der Waals surface area (Å²) in [5, 5.41) is 46.3. The molecule has 2 saturated carbocycles. The molecule has 0 aromatic carbocycles. The second-order valence-corrected chi connectivity index (χ2v) is 12.2. The molecule has 1 heterocycles. The smallest absolute Gasteiger partial charge is 0.334 e. The molecule has 2 fully saturated rings. The minimum Gasteiger partial charge on any atom is -0.455 e. The number of carbonyl (C=O) groups excluding carboxylic acids is 2. The summed E-state index contributed by atoms with van der Waals surface area (Å²) in [6, 6.07) is 0. The Morgan fingerprint density at radius 3 is 2.43 bits per heavy atom. The minimum atomic E-state index is -1.69. The number of ether oxygens (including phenoxy) is 1. The SMILES string of the molecule is CC1=C(C)C(=O)O[C@@H]([C@](C)(O)[C@@]2(O)CCC3=C4CC[C@@]5(O)[C@@H](O)C=CC(=O)[C@]5(C)[C@H]4CC[C@@]32C)C1. The number of ketones is 1. The van der Waals surface area contributed by atoms with Crippen molar-refractivity contribution >= 4 is 11.8 Å². The third kappa shape index (κ3) is 2.81. The average molecular weight is 487 g/mol. The zero-order valence-corrected chi connectivity index (χ0v) is 21.4. The van der Waals surface area contributed by atoms with Crippen molar-refractivity contribution < 1.29 is 34.8 Å². The number of esters is 1. The maximum absolute atomic E-state index is 13.2. The van der Waals surface area contributed by atoms with Crippen LogP contribution in [0.2, 0.25) is 0 Å². The highest BCUT2D eigenvalue weighted by atomic mass is 16.6. The van der Waals surface area contributed by atoms with Gasteiger partial charge in [-0.15, -0.1) is 0 Å². The van der Waals surface area contributed by atoms with Crippen molar-refractivity contribution in [2.75, 3.05) is 0 Å². The Morgan fingerprint density at radius 1 is 1.09 bits per heavy atom. The lowest BCUT2D eigenvalue weighted by Gasteiger charge is -2.60. The molecule has 1 aliphatic heterocycles. The Bertz CT molecular complexity index is 1100. The minimum absolute atomic E-state index is 0.177. The third-order valence-electron chi connectivity index (χ3n) is 11.0. The van der Waals surface area contributed by atoms with E-state index >= 15 is 0 Å². The van der Waals surface area contributed by atoms with Crippen LogP contribution in [0.1, 0.15) is 79.6 Å². The van der Waals surface area contributed by atoms with Gasteiger partial charge in [-0.3, -0.25) is 4.79 Å². The van der Waals surface area contributed by atoms with E-state index in [9.17, 15) is 30.0 Å². The standard InChI is InChI=1S/C28H38O7/c1-15-14-22(35-23(31)16(15)2)26(5,32)28(34)13-10-18-17-8-12-27(33)21(30)7-6-20(29)25(27,4)19(17)9-11-24(18,28)3/h6-7,19,21-22,30,32-34H,8-14H2,1-5H3/t19-,21-,22+,24-,25-,26-,27+,28+/m0/s1. The molecule has 4 aliphatic carbocycles. The number of hydrogen-bond donors (Lipinski definition) is 4. The summed E-state index contributed by atoms with van der Waals surface area (Å²) in [7, 11) is 0. The Hall–Kier alpha value is -1.80. The number of aliphatic hydroxyl groups excluding tert-OH is 1. The van der Waals surface area contributed by atoms with E-state index in [1.54, 1.807) is 20.8 Å². The van der Waals surface area contributed by atoms with Crippen molar-refractivity contribution in [1.29, 1.82) is 0 Å². The highest BCUT2D eigenvalue weighted by Crippen LogP contribution is 2.67. The molecule has 192 valence electrons. The van der Waals surface area contributed by atoms with E-state index in [0.29, 0.717) is 44.1 Å². The summed E-state index contributed by atoms with van der Waals surface area (Å²) in [5.74, 6) is -0.886. The number of allylic oxidation sites excluding steroid dienone is 2. The molecule has 0 aromatic heterocycles. The van der Waals surface area contributed by atoms with Gasteiger partial charge in [0.15, 0.2) is 5.78 Å². The fourth-order valence-corrected chi connectivity index (χ4v) is 8.25. The zero-order chi connectivity index (χ0) is 25.8. The van der Waals surface area contributed by atoms with E-state index < -0.39 is 45.8 Å². The molecule has 7 nitrogen and oxygen atoms in total. The maximum atomic E-state index is 13.2. The quantitative estimate of drug-likeness (QED) is 0.349. The Balaban J connectivity index is 1.56. The van der Waals surface area contributed by atoms with Crippen LogP contribution in [0.15, 0.2) is 34.4 Å². The number of aliphatic hydroxyl groups is 4. The molecule has 0 saturated heterocycles. The highest BCUT2D eigenvalue weighted by Gasteiger charge is 2.70. The number of cyclic esters (lactones) is 1. The van der Waals surface area contributed by atoms with Crippen LogP contribution in [0.25, 0.3) is 0 Å². The molecule has 7 heteroatoms. The van der Waals surface area contributed by atoms with E-state index in [4.69, 9.17) is 4.74 Å². The van der Waals surface area contributed by atoms with Gasteiger partial charge in [0.25, 0.3) is 0 Å². The fourth-order valence-electron chi connectivity index (χ4n) is 8.25. The Labute approximate surface area is 206 Å². The normalized spacial score (nSPS) is 47.2. The lowest BCUT2D eigenvalue weighted by atomic mass is 9.46. The molecule has 0 radical (unpaired) electrons. The summed E-state index contributed by atoms with van der Waals surface area (Å²) in [6.07, 6.45) is 3.89. The topological polar surface area (TPSA) is 124 Å². The average Bonchev–Trinajstić information content (AvgIpc) is 3.09. The second-order valence-electron chi connectivity index (χ2n) is 12.2. The molecule has 35 heavy (non-hydrogen) atoms. The van der Waals surface area contributed by atoms with E-state index in [1.165, 1.54) is 12.2 Å². The molecule has 5 aliphatic rings. The summed E-state index contributed by atoms with van der Waals surface area (Å²) in [4.78, 5) is 25.6. The molecule has 8 atom stereocenters. The van der Waals surface area contributed by atoms with E-state index in [-0.39, 0.29) is 18.1 Å². The number of fused-ring (bicyclic) bond motifs is 4. The van der Waals surface area contributed by atoms with Crippen LogP contribution in [0.5, 0.6) is 0 Å². The van der Waals surface area contributed by atoms with Gasteiger partial charge >= 0.3 is 5.97 Å². The van der Waals surface area contributed by atoms with Crippen LogP contribution in [-0.2, 0) is 14.3 Å². The van der Waals surface area contributed by atoms with Crippen LogP contribution < -0.4 is 0 Å². The molecule has 0 aromatic rings. The van der Waals surface area contributed by atoms with Crippen LogP contribution in [-0.4, -0.2) is 61.2 Å². The number of carbonyl (C=O) groups is 2.